The molecule has 0 atom stereocenters. The van der Waals surface area contributed by atoms with Crippen molar-refractivity contribution in [2.24, 2.45) is 0 Å². The van der Waals surface area contributed by atoms with E-state index in [0.717, 1.165) is 11.3 Å². The molecule has 194 valence electrons. The molecule has 3 aromatic carbocycles. The molecule has 0 spiro atoms. The van der Waals surface area contributed by atoms with Crippen molar-refractivity contribution in [1.29, 1.82) is 0 Å². The van der Waals surface area contributed by atoms with E-state index in [2.05, 4.69) is 10.8 Å². The summed E-state index contributed by atoms with van der Waals surface area (Å²) < 4.78 is 2.61. The van der Waals surface area contributed by atoms with E-state index in [1.807, 2.05) is 49.3 Å². The molecule has 0 unspecified atom stereocenters. The number of hydrogen-bond donors (Lipinski definition) is 2. The number of para-hydroxylation sites is 2. The number of fused-ring (bicyclic) bond motifs is 1. The normalized spacial score (nSPS) is 10.7. The van der Waals surface area contributed by atoms with Crippen LogP contribution in [-0.2, 0) is 0 Å². The predicted molar refractivity (Wildman–Crippen MR) is 154 cm³/mol. The second-order valence-corrected chi connectivity index (χ2v) is 9.25. The summed E-state index contributed by atoms with van der Waals surface area (Å²) >= 11 is 0. The number of benzene rings is 3. The van der Waals surface area contributed by atoms with Crippen LogP contribution in [0.5, 0.6) is 0 Å². The average molecular weight is 519 g/mol. The highest BCUT2D eigenvalue weighted by Crippen LogP contribution is 2.22. The average Bonchev–Trinajstić information content (AvgIpc) is 3.28. The van der Waals surface area contributed by atoms with Crippen LogP contribution in [0.25, 0.3) is 34.6 Å². The molecular weight excluding hydrogens is 492 g/mol. The van der Waals surface area contributed by atoms with Gasteiger partial charge in [0.2, 0.25) is 0 Å². The van der Waals surface area contributed by atoms with Gasteiger partial charge in [0.05, 0.1) is 27.9 Å². The monoisotopic (exact) mass is 518 g/mol. The quantitative estimate of drug-likeness (QED) is 0.313. The Labute approximate surface area is 224 Å². The van der Waals surface area contributed by atoms with E-state index in [1.165, 1.54) is 15.3 Å². The van der Waals surface area contributed by atoms with Crippen LogP contribution in [0.1, 0.15) is 27.0 Å². The third-order valence-electron chi connectivity index (χ3n) is 6.58. The number of H-pyrrole nitrogens is 1. The van der Waals surface area contributed by atoms with Crippen molar-refractivity contribution in [3.63, 3.8) is 0 Å². The van der Waals surface area contributed by atoms with Crippen LogP contribution in [0.15, 0.2) is 94.2 Å². The van der Waals surface area contributed by atoms with Crippen LogP contribution in [0.3, 0.4) is 0 Å². The summed E-state index contributed by atoms with van der Waals surface area (Å²) in [6.07, 6.45) is 3.35. The van der Waals surface area contributed by atoms with Crippen molar-refractivity contribution in [3.05, 3.63) is 128 Å². The first kappa shape index (κ1) is 25.3. The second-order valence-electron chi connectivity index (χ2n) is 9.25. The van der Waals surface area contributed by atoms with Crippen molar-refractivity contribution >= 4 is 34.8 Å². The molecule has 5 aromatic rings. The van der Waals surface area contributed by atoms with Gasteiger partial charge in [-0.25, -0.2) is 9.48 Å². The first-order valence-corrected chi connectivity index (χ1v) is 12.3. The molecule has 2 aromatic heterocycles. The number of pyridine rings is 1. The minimum atomic E-state index is -1.17. The maximum atomic E-state index is 13.8. The summed E-state index contributed by atoms with van der Waals surface area (Å²) in [7, 11) is 3.94. The molecular formula is C31H26N4O4. The molecule has 0 fully saturated rings. The lowest BCUT2D eigenvalue weighted by Crippen LogP contribution is -2.23. The van der Waals surface area contributed by atoms with Crippen LogP contribution in [0.2, 0.25) is 0 Å². The van der Waals surface area contributed by atoms with E-state index in [1.54, 1.807) is 61.5 Å². The standard InChI is InChI=1S/C31H26N4O4/c1-20-24(14-9-10-21-16-18-22(19-17-21)33(2)3)29(36)34(23-11-5-4-6-12-23)28-27(20)30(37)35(32-28)26-15-8-7-13-25(26)31(38)39/h4-8,10-19,32H,1-3H3,(H,38,39). The van der Waals surface area contributed by atoms with Crippen molar-refractivity contribution < 1.29 is 9.90 Å². The number of aromatic amines is 1. The van der Waals surface area contributed by atoms with Crippen molar-refractivity contribution in [1.82, 2.24) is 14.3 Å². The van der Waals surface area contributed by atoms with E-state index in [0.29, 0.717) is 16.8 Å². The largest absolute Gasteiger partial charge is 0.478 e. The van der Waals surface area contributed by atoms with Crippen LogP contribution in [0, 0.1) is 6.92 Å². The Morgan fingerprint density at radius 1 is 0.897 bits per heavy atom. The molecule has 2 heterocycles. The van der Waals surface area contributed by atoms with Gasteiger partial charge in [-0.05, 0) is 66.6 Å². The maximum absolute atomic E-state index is 13.8. The Hall–Kier alpha value is -5.33. The predicted octanol–water partition coefficient (Wildman–Crippen LogP) is 4.87. The molecule has 0 aliphatic rings. The highest BCUT2D eigenvalue weighted by Gasteiger charge is 2.22. The maximum Gasteiger partial charge on any atom is 0.337 e. The highest BCUT2D eigenvalue weighted by molar-refractivity contribution is 5.92. The summed E-state index contributed by atoms with van der Waals surface area (Å²) in [6, 6.07) is 23.1. The first-order valence-electron chi connectivity index (χ1n) is 12.3. The molecule has 8 heteroatoms. The lowest BCUT2D eigenvalue weighted by atomic mass is 10.1. The molecule has 0 saturated heterocycles. The fraction of sp³-hybridized carbons (Fsp3) is 0.0968. The Morgan fingerprint density at radius 3 is 2.23 bits per heavy atom. The third-order valence-corrected chi connectivity index (χ3v) is 6.58. The van der Waals surface area contributed by atoms with Gasteiger partial charge in [-0.1, -0.05) is 42.5 Å². The first-order chi connectivity index (χ1) is 18.8. The molecule has 0 amide bonds. The van der Waals surface area contributed by atoms with Crippen LogP contribution >= 0.6 is 0 Å². The van der Waals surface area contributed by atoms with Gasteiger partial charge < -0.3 is 10.0 Å². The fourth-order valence-corrected chi connectivity index (χ4v) is 4.54. The molecule has 8 nitrogen and oxygen atoms in total. The van der Waals surface area contributed by atoms with Gasteiger partial charge in [0.25, 0.3) is 11.1 Å². The number of aryl methyl sites for hydroxylation is 1. The number of rotatable bonds is 6. The van der Waals surface area contributed by atoms with Crippen molar-refractivity contribution in [2.75, 3.05) is 19.0 Å². The van der Waals surface area contributed by atoms with E-state index < -0.39 is 11.5 Å². The van der Waals surface area contributed by atoms with Gasteiger partial charge in [0, 0.05) is 19.8 Å². The molecule has 5 rings (SSSR count). The van der Waals surface area contributed by atoms with Crippen LogP contribution in [-0.4, -0.2) is 39.5 Å². The van der Waals surface area contributed by atoms with E-state index >= 15 is 0 Å². The van der Waals surface area contributed by atoms with Gasteiger partial charge in [0.15, 0.2) is 0 Å². The van der Waals surface area contributed by atoms with Gasteiger partial charge in [-0.15, -0.1) is 5.73 Å². The van der Waals surface area contributed by atoms with Crippen molar-refractivity contribution in [3.8, 4) is 11.4 Å². The van der Waals surface area contributed by atoms with E-state index in [-0.39, 0.29) is 27.8 Å². The zero-order valence-electron chi connectivity index (χ0n) is 21.7. The summed E-state index contributed by atoms with van der Waals surface area (Å²) in [5.41, 5.74) is 6.03. The minimum absolute atomic E-state index is 0.0410. The Bertz CT molecular complexity index is 1890. The van der Waals surface area contributed by atoms with Gasteiger partial charge in [-0.3, -0.25) is 19.3 Å². The number of nitrogens with zero attached hydrogens (tertiary/aromatic N) is 3. The van der Waals surface area contributed by atoms with E-state index in [9.17, 15) is 19.5 Å². The van der Waals surface area contributed by atoms with Crippen LogP contribution < -0.4 is 16.0 Å². The number of anilines is 1. The second kappa shape index (κ2) is 10.2. The number of carboxylic acid groups (broad SMARTS) is 1. The summed E-state index contributed by atoms with van der Waals surface area (Å²) in [5, 5.41) is 13.0. The van der Waals surface area contributed by atoms with Crippen LogP contribution in [0.4, 0.5) is 5.69 Å². The Morgan fingerprint density at radius 2 is 1.56 bits per heavy atom. The lowest BCUT2D eigenvalue weighted by Gasteiger charge is -2.11. The molecule has 0 aliphatic heterocycles. The number of carboxylic acids is 1. The zero-order valence-corrected chi connectivity index (χ0v) is 21.7. The lowest BCUT2D eigenvalue weighted by molar-refractivity contribution is 0.0696. The number of aromatic carboxylic acids is 1. The molecule has 2 N–H and O–H groups in total. The molecule has 0 radical (unpaired) electrons. The Kier molecular flexibility index (Phi) is 6.63. The molecule has 0 bridgehead atoms. The molecule has 0 saturated carbocycles. The Balaban J connectivity index is 1.76. The highest BCUT2D eigenvalue weighted by atomic mass is 16.4. The van der Waals surface area contributed by atoms with E-state index in [4.69, 9.17) is 0 Å². The summed E-state index contributed by atoms with van der Waals surface area (Å²) in [5.74, 6) is -1.17. The fourth-order valence-electron chi connectivity index (χ4n) is 4.54. The number of nitrogens with one attached hydrogen (secondary N) is 1. The topological polar surface area (TPSA) is 100 Å². The third kappa shape index (κ3) is 4.61. The van der Waals surface area contributed by atoms with Crippen molar-refractivity contribution in [2.45, 2.75) is 6.92 Å². The van der Waals surface area contributed by atoms with Gasteiger partial charge in [-0.2, -0.15) is 0 Å². The molecule has 0 aliphatic carbocycles. The minimum Gasteiger partial charge on any atom is -0.478 e. The number of aromatic nitrogens is 3. The summed E-state index contributed by atoms with van der Waals surface area (Å²) in [6.45, 7) is 1.71. The smallest absolute Gasteiger partial charge is 0.337 e. The molecule has 39 heavy (non-hydrogen) atoms. The SMILES string of the molecule is Cc1c(C=C=Cc2ccc(N(C)C)cc2)c(=O)n(-c2ccccc2)c2[nH]n(-c3ccccc3C(=O)O)c(=O)c12. The zero-order chi connectivity index (χ0) is 27.7. The number of carbonyl (C=O) groups is 1. The number of hydrogen-bond acceptors (Lipinski definition) is 4. The summed E-state index contributed by atoms with van der Waals surface area (Å²) in [4.78, 5) is 41.5. The van der Waals surface area contributed by atoms with Gasteiger partial charge >= 0.3 is 5.97 Å². The van der Waals surface area contributed by atoms with Gasteiger partial charge in [0.1, 0.15) is 5.65 Å².